The number of hydrogen-bond acceptors (Lipinski definition) is 3. The Morgan fingerprint density at radius 2 is 2.12 bits per heavy atom. The van der Waals surface area contributed by atoms with Crippen LogP contribution in [0.15, 0.2) is 0 Å². The Hall–Kier alpha value is -1.59. The van der Waals surface area contributed by atoms with E-state index in [1.165, 1.54) is 0 Å². The first-order chi connectivity index (χ1) is 7.41. The molecule has 6 heteroatoms. The van der Waals surface area contributed by atoms with Gasteiger partial charge in [0.2, 0.25) is 17.7 Å². The van der Waals surface area contributed by atoms with Gasteiger partial charge in [0, 0.05) is 6.42 Å². The first-order valence-electron chi connectivity index (χ1n) is 5.31. The van der Waals surface area contributed by atoms with Crippen LogP contribution < -0.4 is 16.4 Å². The van der Waals surface area contributed by atoms with Crippen LogP contribution in [0.2, 0.25) is 0 Å². The number of carbonyl (C=O) groups excluding carboxylic acids is 3. The van der Waals surface area contributed by atoms with Gasteiger partial charge < -0.3 is 16.4 Å². The van der Waals surface area contributed by atoms with E-state index in [1.807, 2.05) is 0 Å². The van der Waals surface area contributed by atoms with Crippen molar-refractivity contribution in [2.24, 2.45) is 11.7 Å². The van der Waals surface area contributed by atoms with E-state index in [9.17, 15) is 14.4 Å². The van der Waals surface area contributed by atoms with Gasteiger partial charge in [-0.15, -0.1) is 0 Å². The number of nitrogens with one attached hydrogen (secondary N) is 2. The van der Waals surface area contributed by atoms with E-state index >= 15 is 0 Å². The van der Waals surface area contributed by atoms with Crippen LogP contribution in [0.25, 0.3) is 0 Å². The highest BCUT2D eigenvalue weighted by Gasteiger charge is 2.30. The van der Waals surface area contributed by atoms with E-state index in [0.29, 0.717) is 12.8 Å². The van der Waals surface area contributed by atoms with Crippen LogP contribution in [-0.2, 0) is 14.4 Å². The highest BCUT2D eigenvalue weighted by Crippen LogP contribution is 2.08. The lowest BCUT2D eigenvalue weighted by Gasteiger charge is -2.20. The maximum atomic E-state index is 11.7. The standard InChI is InChI=1S/C10H17N3O3/c1-5(2)8(9(11)15)13-10(16)6-3-4-7(14)12-6/h5-6,8H,3-4H2,1-2H3,(H2,11,15)(H,12,14)(H,13,16)/t6-,8?/m0/s1. The molecule has 0 saturated carbocycles. The summed E-state index contributed by atoms with van der Waals surface area (Å²) in [6.07, 6.45) is 0.815. The van der Waals surface area contributed by atoms with E-state index in [2.05, 4.69) is 10.6 Å². The van der Waals surface area contributed by atoms with Crippen LogP contribution in [0.5, 0.6) is 0 Å². The van der Waals surface area contributed by atoms with Crippen molar-refractivity contribution in [1.29, 1.82) is 0 Å². The van der Waals surface area contributed by atoms with Crippen LogP contribution in [0.4, 0.5) is 0 Å². The largest absolute Gasteiger partial charge is 0.368 e. The fraction of sp³-hybridized carbons (Fsp3) is 0.700. The molecule has 0 aromatic rings. The summed E-state index contributed by atoms with van der Waals surface area (Å²) in [5.74, 6) is -1.12. The molecule has 2 atom stereocenters. The third kappa shape index (κ3) is 2.95. The van der Waals surface area contributed by atoms with Gasteiger partial charge in [-0.25, -0.2) is 0 Å². The average molecular weight is 227 g/mol. The molecule has 1 fully saturated rings. The van der Waals surface area contributed by atoms with Crippen LogP contribution in [0.3, 0.4) is 0 Å². The van der Waals surface area contributed by atoms with Gasteiger partial charge >= 0.3 is 0 Å². The third-order valence-electron chi connectivity index (χ3n) is 2.58. The van der Waals surface area contributed by atoms with Gasteiger partial charge in [-0.2, -0.15) is 0 Å². The number of hydrogen-bond donors (Lipinski definition) is 3. The molecule has 4 N–H and O–H groups in total. The summed E-state index contributed by atoms with van der Waals surface area (Å²) in [6.45, 7) is 3.59. The van der Waals surface area contributed by atoms with Crippen LogP contribution in [0.1, 0.15) is 26.7 Å². The molecule has 0 aliphatic carbocycles. The fourth-order valence-electron chi connectivity index (χ4n) is 1.63. The number of carbonyl (C=O) groups is 3. The fourth-order valence-corrected chi connectivity index (χ4v) is 1.63. The van der Waals surface area contributed by atoms with E-state index in [4.69, 9.17) is 5.73 Å². The molecule has 1 aliphatic rings. The topological polar surface area (TPSA) is 101 Å². The normalized spacial score (nSPS) is 21.7. The van der Waals surface area contributed by atoms with Crippen LogP contribution >= 0.6 is 0 Å². The number of rotatable bonds is 4. The second-order valence-corrected chi connectivity index (χ2v) is 4.29. The molecule has 0 aromatic carbocycles. The van der Waals surface area contributed by atoms with Crippen molar-refractivity contribution in [2.75, 3.05) is 0 Å². The summed E-state index contributed by atoms with van der Waals surface area (Å²) in [5.41, 5.74) is 5.17. The van der Waals surface area contributed by atoms with Gasteiger partial charge in [-0.1, -0.05) is 13.8 Å². The molecule has 0 bridgehead atoms. The molecule has 1 rings (SSSR count). The summed E-state index contributed by atoms with van der Waals surface area (Å²) in [4.78, 5) is 33.7. The second kappa shape index (κ2) is 4.96. The molecule has 0 radical (unpaired) electrons. The Morgan fingerprint density at radius 3 is 2.50 bits per heavy atom. The van der Waals surface area contributed by atoms with Gasteiger partial charge in [-0.3, -0.25) is 14.4 Å². The van der Waals surface area contributed by atoms with Gasteiger partial charge in [-0.05, 0) is 12.3 Å². The maximum absolute atomic E-state index is 11.7. The quantitative estimate of drug-likeness (QED) is 0.567. The zero-order valence-electron chi connectivity index (χ0n) is 9.45. The lowest BCUT2D eigenvalue weighted by Crippen LogP contribution is -2.52. The molecule has 16 heavy (non-hydrogen) atoms. The predicted octanol–water partition coefficient (Wildman–Crippen LogP) is -1.11. The lowest BCUT2D eigenvalue weighted by molar-refractivity contribution is -0.130. The van der Waals surface area contributed by atoms with Crippen LogP contribution in [-0.4, -0.2) is 29.8 Å². The maximum Gasteiger partial charge on any atom is 0.243 e. The van der Waals surface area contributed by atoms with E-state index < -0.39 is 18.0 Å². The SMILES string of the molecule is CC(C)C(NC(=O)[C@@H]1CCC(=O)N1)C(N)=O. The zero-order chi connectivity index (χ0) is 12.3. The first kappa shape index (κ1) is 12.5. The molecule has 90 valence electrons. The number of amides is 3. The highest BCUT2D eigenvalue weighted by atomic mass is 16.2. The molecule has 1 heterocycles. The van der Waals surface area contributed by atoms with Crippen molar-refractivity contribution in [3.05, 3.63) is 0 Å². The van der Waals surface area contributed by atoms with Crippen LogP contribution in [0, 0.1) is 5.92 Å². The van der Waals surface area contributed by atoms with Crippen molar-refractivity contribution < 1.29 is 14.4 Å². The minimum Gasteiger partial charge on any atom is -0.368 e. The molecule has 1 aliphatic heterocycles. The Labute approximate surface area is 93.9 Å². The summed E-state index contributed by atoms with van der Waals surface area (Å²) in [7, 11) is 0. The third-order valence-corrected chi connectivity index (χ3v) is 2.58. The van der Waals surface area contributed by atoms with E-state index in [-0.39, 0.29) is 17.7 Å². The minimum absolute atomic E-state index is 0.0708. The molecule has 1 unspecified atom stereocenters. The smallest absolute Gasteiger partial charge is 0.243 e. The lowest BCUT2D eigenvalue weighted by atomic mass is 10.0. The minimum atomic E-state index is -0.690. The molecule has 0 aromatic heterocycles. The Kier molecular flexibility index (Phi) is 3.87. The average Bonchev–Trinajstić information content (AvgIpc) is 2.59. The Balaban J connectivity index is 2.55. The molecule has 1 saturated heterocycles. The predicted molar refractivity (Wildman–Crippen MR) is 57.1 cm³/mol. The molecule has 6 nitrogen and oxygen atoms in total. The van der Waals surface area contributed by atoms with Crippen molar-refractivity contribution in [3.8, 4) is 0 Å². The van der Waals surface area contributed by atoms with Crippen molar-refractivity contribution >= 4 is 17.7 Å². The number of nitrogens with two attached hydrogens (primary N) is 1. The van der Waals surface area contributed by atoms with Gasteiger partial charge in [0.05, 0.1) is 0 Å². The molecular weight excluding hydrogens is 210 g/mol. The summed E-state index contributed by atoms with van der Waals surface area (Å²) in [5, 5.41) is 5.08. The number of primary amides is 1. The van der Waals surface area contributed by atoms with Gasteiger partial charge in [0.1, 0.15) is 12.1 Å². The second-order valence-electron chi connectivity index (χ2n) is 4.29. The van der Waals surface area contributed by atoms with Gasteiger partial charge in [0.15, 0.2) is 0 Å². The molecular formula is C10H17N3O3. The van der Waals surface area contributed by atoms with E-state index in [1.54, 1.807) is 13.8 Å². The molecule has 0 spiro atoms. The van der Waals surface area contributed by atoms with Crippen molar-refractivity contribution in [2.45, 2.75) is 38.8 Å². The summed E-state index contributed by atoms with van der Waals surface area (Å²) in [6, 6.07) is -1.22. The Bertz CT molecular complexity index is 314. The summed E-state index contributed by atoms with van der Waals surface area (Å²) < 4.78 is 0. The van der Waals surface area contributed by atoms with Crippen molar-refractivity contribution in [3.63, 3.8) is 0 Å². The van der Waals surface area contributed by atoms with Crippen molar-refractivity contribution in [1.82, 2.24) is 10.6 Å². The Morgan fingerprint density at radius 1 is 1.50 bits per heavy atom. The molecule has 3 amide bonds. The highest BCUT2D eigenvalue weighted by molar-refractivity contribution is 5.93. The van der Waals surface area contributed by atoms with E-state index in [0.717, 1.165) is 0 Å². The monoisotopic (exact) mass is 227 g/mol. The first-order valence-corrected chi connectivity index (χ1v) is 5.31. The van der Waals surface area contributed by atoms with Gasteiger partial charge in [0.25, 0.3) is 0 Å². The zero-order valence-corrected chi connectivity index (χ0v) is 9.45. The summed E-state index contributed by atoms with van der Waals surface area (Å²) >= 11 is 0.